The zero-order chi connectivity index (χ0) is 20.6. The van der Waals surface area contributed by atoms with E-state index in [1.807, 2.05) is 24.3 Å². The van der Waals surface area contributed by atoms with E-state index in [1.165, 1.54) is 29.4 Å². The van der Waals surface area contributed by atoms with Crippen molar-refractivity contribution < 1.29 is 13.9 Å². The van der Waals surface area contributed by atoms with Crippen LogP contribution < -0.4 is 15.5 Å². The highest BCUT2D eigenvalue weighted by Crippen LogP contribution is 2.46. The molecule has 5 rings (SSSR count). The molecule has 0 atom stereocenters. The summed E-state index contributed by atoms with van der Waals surface area (Å²) in [5.74, 6) is 0.426. The third-order valence-electron chi connectivity index (χ3n) is 6.53. The molecule has 0 bridgehead atoms. The molecule has 2 N–H and O–H groups in total. The number of halogens is 1. The number of benzene rings is 2. The standard InChI is InChI=1S/C24H28FN3O2/c25-22-13-20(28-16-24(9-10-24)30-23(28)29)5-6-21(22)19-3-1-17(2-4-19)14-27-15-18-7-11-26-12-8-18/h1-6,13,18,26-27H,7-12,14-16H2. The van der Waals surface area contributed by atoms with Crippen molar-refractivity contribution >= 4 is 11.8 Å². The molecule has 1 spiro atoms. The molecule has 3 fully saturated rings. The molecule has 30 heavy (non-hydrogen) atoms. The van der Waals surface area contributed by atoms with Gasteiger partial charge < -0.3 is 15.4 Å². The number of rotatable bonds is 6. The van der Waals surface area contributed by atoms with Crippen molar-refractivity contribution in [2.45, 2.75) is 37.8 Å². The second kappa shape index (κ2) is 8.00. The molecule has 0 unspecified atom stereocenters. The average Bonchev–Trinajstić information content (AvgIpc) is 3.43. The van der Waals surface area contributed by atoms with Crippen molar-refractivity contribution in [3.63, 3.8) is 0 Å². The highest BCUT2D eigenvalue weighted by Gasteiger charge is 2.54. The summed E-state index contributed by atoms with van der Waals surface area (Å²) in [4.78, 5) is 13.6. The molecule has 2 saturated heterocycles. The number of ether oxygens (including phenoxy) is 1. The van der Waals surface area contributed by atoms with Crippen LogP contribution in [0.1, 0.15) is 31.2 Å². The summed E-state index contributed by atoms with van der Waals surface area (Å²) >= 11 is 0. The molecule has 2 aromatic carbocycles. The first-order valence-corrected chi connectivity index (χ1v) is 10.9. The molecule has 0 radical (unpaired) electrons. The van der Waals surface area contributed by atoms with Crippen LogP contribution in [0.15, 0.2) is 42.5 Å². The topological polar surface area (TPSA) is 53.6 Å². The number of anilines is 1. The summed E-state index contributed by atoms with van der Waals surface area (Å²) in [6, 6.07) is 13.0. The molecule has 2 aliphatic heterocycles. The van der Waals surface area contributed by atoms with Gasteiger partial charge in [0.15, 0.2) is 0 Å². The molecule has 1 aliphatic carbocycles. The van der Waals surface area contributed by atoms with Gasteiger partial charge in [-0.3, -0.25) is 4.90 Å². The highest BCUT2D eigenvalue weighted by molar-refractivity contribution is 5.91. The van der Waals surface area contributed by atoms with Crippen LogP contribution in [-0.2, 0) is 11.3 Å². The number of hydrogen-bond acceptors (Lipinski definition) is 4. The Bertz CT molecular complexity index is 921. The van der Waals surface area contributed by atoms with E-state index in [2.05, 4.69) is 10.6 Å². The number of nitrogens with one attached hydrogen (secondary N) is 2. The Morgan fingerprint density at radius 2 is 1.90 bits per heavy atom. The number of piperidine rings is 1. The lowest BCUT2D eigenvalue weighted by atomic mass is 9.98. The predicted molar refractivity (Wildman–Crippen MR) is 115 cm³/mol. The van der Waals surface area contributed by atoms with Gasteiger partial charge in [0.1, 0.15) is 11.4 Å². The lowest BCUT2D eigenvalue weighted by Crippen LogP contribution is -2.33. The molecular weight excluding hydrogens is 381 g/mol. The smallest absolute Gasteiger partial charge is 0.415 e. The summed E-state index contributed by atoms with van der Waals surface area (Å²) in [7, 11) is 0. The van der Waals surface area contributed by atoms with Gasteiger partial charge in [-0.15, -0.1) is 0 Å². The van der Waals surface area contributed by atoms with Gasteiger partial charge in [0, 0.05) is 12.1 Å². The minimum atomic E-state index is -0.374. The highest BCUT2D eigenvalue weighted by atomic mass is 19.1. The van der Waals surface area contributed by atoms with Gasteiger partial charge >= 0.3 is 6.09 Å². The van der Waals surface area contributed by atoms with Crippen LogP contribution in [0.25, 0.3) is 11.1 Å². The van der Waals surface area contributed by atoms with E-state index < -0.39 is 0 Å². The molecule has 0 aromatic heterocycles. The van der Waals surface area contributed by atoms with Crippen LogP contribution in [0, 0.1) is 11.7 Å². The third kappa shape index (κ3) is 4.07. The quantitative estimate of drug-likeness (QED) is 0.755. The number of carbonyl (C=O) groups excluding carboxylic acids is 1. The van der Waals surface area contributed by atoms with Crippen molar-refractivity contribution in [2.24, 2.45) is 5.92 Å². The minimum Gasteiger partial charge on any atom is -0.441 e. The largest absolute Gasteiger partial charge is 0.441 e. The van der Waals surface area contributed by atoms with Crippen LogP contribution in [0.5, 0.6) is 0 Å². The average molecular weight is 410 g/mol. The van der Waals surface area contributed by atoms with Crippen molar-refractivity contribution in [1.29, 1.82) is 0 Å². The fourth-order valence-corrected chi connectivity index (χ4v) is 4.44. The van der Waals surface area contributed by atoms with Crippen molar-refractivity contribution in [3.05, 3.63) is 53.8 Å². The summed E-state index contributed by atoms with van der Waals surface area (Å²) in [5, 5.41) is 6.94. The first-order valence-electron chi connectivity index (χ1n) is 10.9. The third-order valence-corrected chi connectivity index (χ3v) is 6.53. The predicted octanol–water partition coefficient (Wildman–Crippen LogP) is 4.07. The molecule has 1 amide bonds. The number of hydrogen-bond donors (Lipinski definition) is 2. The molecular formula is C24H28FN3O2. The monoisotopic (exact) mass is 409 g/mol. The van der Waals surface area contributed by atoms with Gasteiger partial charge in [-0.2, -0.15) is 0 Å². The fourth-order valence-electron chi connectivity index (χ4n) is 4.44. The normalized spacial score (nSPS) is 20.6. The Morgan fingerprint density at radius 1 is 1.13 bits per heavy atom. The maximum Gasteiger partial charge on any atom is 0.415 e. The van der Waals surface area contributed by atoms with Crippen LogP contribution in [0.3, 0.4) is 0 Å². The molecule has 1 saturated carbocycles. The summed E-state index contributed by atoms with van der Waals surface area (Å²) in [6.07, 6.45) is 3.89. The summed E-state index contributed by atoms with van der Waals surface area (Å²) < 4.78 is 20.3. The number of amides is 1. The summed E-state index contributed by atoms with van der Waals surface area (Å²) in [5.41, 5.74) is 2.82. The Hall–Kier alpha value is -2.44. The Kier molecular flexibility index (Phi) is 5.21. The molecule has 2 aromatic rings. The van der Waals surface area contributed by atoms with E-state index in [-0.39, 0.29) is 17.5 Å². The van der Waals surface area contributed by atoms with E-state index in [4.69, 9.17) is 4.74 Å². The second-order valence-electron chi connectivity index (χ2n) is 8.82. The number of carbonyl (C=O) groups is 1. The van der Waals surface area contributed by atoms with Crippen molar-refractivity contribution in [3.8, 4) is 11.1 Å². The van der Waals surface area contributed by atoms with Gasteiger partial charge in [-0.05, 0) is 80.6 Å². The first-order chi connectivity index (χ1) is 14.6. The van der Waals surface area contributed by atoms with Gasteiger partial charge in [-0.25, -0.2) is 9.18 Å². The zero-order valence-electron chi connectivity index (χ0n) is 17.1. The van der Waals surface area contributed by atoms with E-state index in [0.717, 1.165) is 50.5 Å². The Labute approximate surface area is 176 Å². The summed E-state index contributed by atoms with van der Waals surface area (Å²) in [6.45, 7) is 4.62. The van der Waals surface area contributed by atoms with Gasteiger partial charge in [0.25, 0.3) is 0 Å². The van der Waals surface area contributed by atoms with Crippen LogP contribution in [0.4, 0.5) is 14.9 Å². The van der Waals surface area contributed by atoms with Gasteiger partial charge in [0.2, 0.25) is 0 Å². The minimum absolute atomic E-state index is 0.316. The van der Waals surface area contributed by atoms with Crippen LogP contribution in [-0.4, -0.2) is 37.9 Å². The van der Waals surface area contributed by atoms with Gasteiger partial charge in [-0.1, -0.05) is 24.3 Å². The Morgan fingerprint density at radius 3 is 2.57 bits per heavy atom. The van der Waals surface area contributed by atoms with Crippen LogP contribution >= 0.6 is 0 Å². The first kappa shape index (κ1) is 19.5. The maximum atomic E-state index is 14.8. The molecule has 2 heterocycles. The number of nitrogens with zero attached hydrogens (tertiary/aromatic N) is 1. The molecule has 158 valence electrons. The molecule has 5 nitrogen and oxygen atoms in total. The lowest BCUT2D eigenvalue weighted by Gasteiger charge is -2.22. The van der Waals surface area contributed by atoms with Gasteiger partial charge in [0.05, 0.1) is 12.2 Å². The van der Waals surface area contributed by atoms with E-state index in [1.54, 1.807) is 12.1 Å². The van der Waals surface area contributed by atoms with E-state index in [0.29, 0.717) is 17.8 Å². The van der Waals surface area contributed by atoms with Crippen molar-refractivity contribution in [2.75, 3.05) is 31.1 Å². The van der Waals surface area contributed by atoms with Crippen molar-refractivity contribution in [1.82, 2.24) is 10.6 Å². The molecule has 6 heteroatoms. The van der Waals surface area contributed by atoms with Crippen LogP contribution in [0.2, 0.25) is 0 Å². The zero-order valence-corrected chi connectivity index (χ0v) is 17.1. The fraction of sp³-hybridized carbons (Fsp3) is 0.458. The lowest BCUT2D eigenvalue weighted by molar-refractivity contribution is 0.129. The molecule has 3 aliphatic rings. The SMILES string of the molecule is O=C1OC2(CC2)CN1c1ccc(-c2ccc(CNCC3CCNCC3)cc2)c(F)c1. The maximum absolute atomic E-state index is 14.8. The Balaban J connectivity index is 1.21. The second-order valence-corrected chi connectivity index (χ2v) is 8.82. The van der Waals surface area contributed by atoms with E-state index >= 15 is 0 Å². The van der Waals surface area contributed by atoms with E-state index in [9.17, 15) is 9.18 Å².